The average Bonchev–Trinajstić information content (AvgIpc) is 3.05. The topological polar surface area (TPSA) is 33.5 Å². The van der Waals surface area contributed by atoms with E-state index in [2.05, 4.69) is 71.8 Å². The summed E-state index contributed by atoms with van der Waals surface area (Å²) >= 11 is 0. The third-order valence-corrected chi connectivity index (χ3v) is 5.82. The minimum atomic E-state index is 0.300. The van der Waals surface area contributed by atoms with E-state index in [0.717, 1.165) is 37.6 Å². The lowest BCUT2D eigenvalue weighted by atomic mass is 10.0. The third-order valence-electron chi connectivity index (χ3n) is 5.82. The van der Waals surface area contributed by atoms with Gasteiger partial charge in [0.1, 0.15) is 5.82 Å². The zero-order chi connectivity index (χ0) is 19.7. The zero-order valence-corrected chi connectivity index (χ0v) is 17.4. The van der Waals surface area contributed by atoms with Gasteiger partial charge in [0.15, 0.2) is 0 Å². The van der Waals surface area contributed by atoms with E-state index in [1.165, 1.54) is 22.0 Å². The Morgan fingerprint density at radius 1 is 1.07 bits per heavy atom. The molecule has 1 aromatic carbocycles. The van der Waals surface area contributed by atoms with Crippen LogP contribution in [0, 0.1) is 6.92 Å². The van der Waals surface area contributed by atoms with Crippen LogP contribution < -0.4 is 4.90 Å². The van der Waals surface area contributed by atoms with Crippen LogP contribution in [0.3, 0.4) is 0 Å². The van der Waals surface area contributed by atoms with Gasteiger partial charge in [-0.05, 0) is 50.2 Å². The Morgan fingerprint density at radius 2 is 1.82 bits per heavy atom. The largest absolute Gasteiger partial charge is 0.383 e. The van der Waals surface area contributed by atoms with Gasteiger partial charge >= 0.3 is 0 Å². The first-order valence-corrected chi connectivity index (χ1v) is 10.1. The van der Waals surface area contributed by atoms with Crippen LogP contribution in [0.2, 0.25) is 0 Å². The molecule has 28 heavy (non-hydrogen) atoms. The second-order valence-electron chi connectivity index (χ2n) is 7.95. The lowest BCUT2D eigenvalue weighted by Gasteiger charge is -2.33. The Hall–Kier alpha value is -2.37. The van der Waals surface area contributed by atoms with Crippen molar-refractivity contribution in [1.29, 1.82) is 0 Å². The second-order valence-corrected chi connectivity index (χ2v) is 7.95. The van der Waals surface area contributed by atoms with Crippen molar-refractivity contribution >= 4 is 16.7 Å². The maximum absolute atomic E-state index is 5.37. The number of aryl methyl sites for hydroxylation is 1. The van der Waals surface area contributed by atoms with Crippen molar-refractivity contribution in [2.75, 3.05) is 51.8 Å². The summed E-state index contributed by atoms with van der Waals surface area (Å²) in [5, 5.41) is 1.30. The lowest BCUT2D eigenvalue weighted by molar-refractivity contribution is 0.164. The molecule has 0 bridgehead atoms. The van der Waals surface area contributed by atoms with E-state index in [-0.39, 0.29) is 0 Å². The van der Waals surface area contributed by atoms with Gasteiger partial charge in [-0.3, -0.25) is 0 Å². The number of likely N-dealkylation sites (N-methyl/N-ethyl adjacent to an activating group) is 1. The van der Waals surface area contributed by atoms with E-state index < -0.39 is 0 Å². The number of benzene rings is 1. The van der Waals surface area contributed by atoms with E-state index in [4.69, 9.17) is 9.72 Å². The monoisotopic (exact) mass is 378 g/mol. The minimum absolute atomic E-state index is 0.300. The SMILES string of the molecule is COCC(C)n1cc(C)c2ccc(-c3ccc(N4CCN(C)CC4)nc3)cc21. The molecule has 148 valence electrons. The van der Waals surface area contributed by atoms with Crippen LogP contribution in [-0.2, 0) is 4.74 Å². The summed E-state index contributed by atoms with van der Waals surface area (Å²) < 4.78 is 7.69. The van der Waals surface area contributed by atoms with E-state index >= 15 is 0 Å². The quantitative estimate of drug-likeness (QED) is 0.673. The van der Waals surface area contributed by atoms with Gasteiger partial charge in [-0.15, -0.1) is 0 Å². The number of aromatic nitrogens is 2. The van der Waals surface area contributed by atoms with Gasteiger partial charge in [-0.2, -0.15) is 0 Å². The van der Waals surface area contributed by atoms with Crippen LogP contribution in [-0.4, -0.2) is 61.4 Å². The average molecular weight is 379 g/mol. The zero-order valence-electron chi connectivity index (χ0n) is 17.4. The van der Waals surface area contributed by atoms with Crippen molar-refractivity contribution in [1.82, 2.24) is 14.5 Å². The van der Waals surface area contributed by atoms with Crippen LogP contribution in [0.25, 0.3) is 22.0 Å². The maximum Gasteiger partial charge on any atom is 0.128 e. The molecule has 0 amide bonds. The van der Waals surface area contributed by atoms with Crippen LogP contribution >= 0.6 is 0 Å². The van der Waals surface area contributed by atoms with Crippen LogP contribution in [0.5, 0.6) is 0 Å². The van der Waals surface area contributed by atoms with E-state index in [0.29, 0.717) is 12.6 Å². The summed E-state index contributed by atoms with van der Waals surface area (Å²) in [6.07, 6.45) is 4.24. The smallest absolute Gasteiger partial charge is 0.128 e. The summed E-state index contributed by atoms with van der Waals surface area (Å²) in [4.78, 5) is 9.49. The molecule has 1 aliphatic heterocycles. The van der Waals surface area contributed by atoms with Gasteiger partial charge in [-0.25, -0.2) is 4.98 Å². The van der Waals surface area contributed by atoms with Crippen molar-refractivity contribution in [2.24, 2.45) is 0 Å². The predicted molar refractivity (Wildman–Crippen MR) is 116 cm³/mol. The molecule has 4 rings (SSSR count). The van der Waals surface area contributed by atoms with Gasteiger partial charge in [-0.1, -0.05) is 12.1 Å². The van der Waals surface area contributed by atoms with E-state index in [1.807, 2.05) is 6.20 Å². The highest BCUT2D eigenvalue weighted by Gasteiger charge is 2.16. The number of piperazine rings is 1. The molecule has 3 aromatic rings. The molecule has 5 nitrogen and oxygen atoms in total. The Bertz CT molecular complexity index is 939. The number of fused-ring (bicyclic) bond motifs is 1. The summed E-state index contributed by atoms with van der Waals surface area (Å²) in [6.45, 7) is 9.34. The molecular formula is C23H30N4O. The molecular weight excluding hydrogens is 348 g/mol. The number of anilines is 1. The normalized spacial score (nSPS) is 16.6. The molecule has 0 aliphatic carbocycles. The fraction of sp³-hybridized carbons (Fsp3) is 0.435. The Balaban J connectivity index is 1.62. The Morgan fingerprint density at radius 3 is 2.50 bits per heavy atom. The number of methoxy groups -OCH3 is 1. The third kappa shape index (κ3) is 3.64. The van der Waals surface area contributed by atoms with Gasteiger partial charge < -0.3 is 19.1 Å². The molecule has 0 saturated carbocycles. The number of hydrogen-bond donors (Lipinski definition) is 0. The number of pyridine rings is 1. The van der Waals surface area contributed by atoms with E-state index in [9.17, 15) is 0 Å². The number of hydrogen-bond acceptors (Lipinski definition) is 4. The fourth-order valence-corrected chi connectivity index (χ4v) is 4.07. The lowest BCUT2D eigenvalue weighted by Crippen LogP contribution is -2.44. The Labute approximate surface area is 167 Å². The maximum atomic E-state index is 5.37. The highest BCUT2D eigenvalue weighted by molar-refractivity contribution is 5.88. The molecule has 1 saturated heterocycles. The van der Waals surface area contributed by atoms with Crippen LogP contribution in [0.1, 0.15) is 18.5 Å². The molecule has 0 spiro atoms. The summed E-state index contributed by atoms with van der Waals surface area (Å²) in [5.41, 5.74) is 4.91. The number of rotatable bonds is 5. The standard InChI is InChI=1S/C23H30N4O/c1-17-15-27(18(2)16-28-4)22-13-19(5-7-21(17)22)20-6-8-23(24-14-20)26-11-9-25(3)10-12-26/h5-8,13-15,18H,9-12,16H2,1-4H3. The minimum Gasteiger partial charge on any atom is -0.383 e. The first-order valence-electron chi connectivity index (χ1n) is 10.1. The summed E-state index contributed by atoms with van der Waals surface area (Å²) in [6, 6.07) is 11.4. The Kier molecular flexibility index (Phi) is 5.38. The molecule has 1 aliphatic rings. The molecule has 1 fully saturated rings. The highest BCUT2D eigenvalue weighted by Crippen LogP contribution is 2.30. The number of nitrogens with zero attached hydrogens (tertiary/aromatic N) is 4. The molecule has 2 aromatic heterocycles. The number of ether oxygens (including phenoxy) is 1. The fourth-order valence-electron chi connectivity index (χ4n) is 4.07. The molecule has 1 unspecified atom stereocenters. The van der Waals surface area contributed by atoms with Crippen molar-refractivity contribution in [2.45, 2.75) is 19.9 Å². The van der Waals surface area contributed by atoms with E-state index in [1.54, 1.807) is 7.11 Å². The second kappa shape index (κ2) is 7.94. The van der Waals surface area contributed by atoms with Crippen LogP contribution in [0.15, 0.2) is 42.7 Å². The van der Waals surface area contributed by atoms with Crippen molar-refractivity contribution in [3.05, 3.63) is 48.3 Å². The molecule has 3 heterocycles. The predicted octanol–water partition coefficient (Wildman–Crippen LogP) is 3.97. The van der Waals surface area contributed by atoms with Gasteiger partial charge in [0.05, 0.1) is 12.6 Å². The van der Waals surface area contributed by atoms with Crippen molar-refractivity contribution in [3.8, 4) is 11.1 Å². The van der Waals surface area contributed by atoms with Gasteiger partial charge in [0.2, 0.25) is 0 Å². The molecule has 5 heteroatoms. The summed E-state index contributed by atoms with van der Waals surface area (Å²) in [7, 11) is 3.93. The first kappa shape index (κ1) is 19.0. The van der Waals surface area contributed by atoms with Crippen molar-refractivity contribution in [3.63, 3.8) is 0 Å². The highest BCUT2D eigenvalue weighted by atomic mass is 16.5. The van der Waals surface area contributed by atoms with Gasteiger partial charge in [0.25, 0.3) is 0 Å². The molecule has 0 N–H and O–H groups in total. The van der Waals surface area contributed by atoms with Gasteiger partial charge in [0, 0.05) is 62.1 Å². The van der Waals surface area contributed by atoms with Crippen LogP contribution in [0.4, 0.5) is 5.82 Å². The summed E-state index contributed by atoms with van der Waals surface area (Å²) in [5.74, 6) is 1.07. The molecule has 1 atom stereocenters. The van der Waals surface area contributed by atoms with Crippen molar-refractivity contribution < 1.29 is 4.74 Å². The first-order chi connectivity index (χ1) is 13.6. The molecule has 0 radical (unpaired) electrons.